The van der Waals surface area contributed by atoms with Crippen LogP contribution in [0.3, 0.4) is 0 Å². The van der Waals surface area contributed by atoms with E-state index in [9.17, 15) is 13.6 Å². The Morgan fingerprint density at radius 3 is 2.59 bits per heavy atom. The molecule has 1 atom stereocenters. The van der Waals surface area contributed by atoms with Crippen molar-refractivity contribution < 1.29 is 13.6 Å². The topological polar surface area (TPSA) is 76.2 Å². The van der Waals surface area contributed by atoms with Crippen molar-refractivity contribution in [1.29, 1.82) is 0 Å². The van der Waals surface area contributed by atoms with Crippen LogP contribution < -0.4 is 10.6 Å². The van der Waals surface area contributed by atoms with E-state index in [-0.39, 0.29) is 5.91 Å². The molecule has 2 N–H and O–H groups in total. The quantitative estimate of drug-likeness (QED) is 0.399. The molecule has 0 aliphatic carbocycles. The van der Waals surface area contributed by atoms with E-state index in [1.165, 1.54) is 6.07 Å². The minimum Gasteiger partial charge on any atom is -0.356 e. The van der Waals surface area contributed by atoms with Crippen molar-refractivity contribution in [2.75, 3.05) is 12.4 Å². The molecule has 0 fully saturated rings. The lowest BCUT2D eigenvalue weighted by Crippen LogP contribution is -2.26. The van der Waals surface area contributed by atoms with Gasteiger partial charge in [-0.05, 0) is 60.0 Å². The monoisotopic (exact) mass is 460 g/mol. The Bertz CT molecular complexity index is 1550. The van der Waals surface area contributed by atoms with Gasteiger partial charge in [-0.1, -0.05) is 12.1 Å². The summed E-state index contributed by atoms with van der Waals surface area (Å²) in [4.78, 5) is 17.6. The number of nitrogens with zero attached hydrogens (tertiary/aromatic N) is 4. The number of nitrogens with one attached hydrogen (secondary N) is 2. The Hall–Kier alpha value is -4.27. The van der Waals surface area contributed by atoms with Crippen LogP contribution in [-0.2, 0) is 7.05 Å². The predicted octanol–water partition coefficient (Wildman–Crippen LogP) is 4.70. The lowest BCUT2D eigenvalue weighted by atomic mass is 10.0. The molecule has 0 aliphatic rings. The number of rotatable bonds is 5. The van der Waals surface area contributed by atoms with Crippen LogP contribution in [0.5, 0.6) is 0 Å². The van der Waals surface area contributed by atoms with Gasteiger partial charge in [0.25, 0.3) is 5.91 Å². The van der Waals surface area contributed by atoms with Gasteiger partial charge in [0.1, 0.15) is 0 Å². The highest BCUT2D eigenvalue weighted by molar-refractivity contribution is 6.08. The van der Waals surface area contributed by atoms with Crippen LogP contribution in [0.25, 0.3) is 27.7 Å². The SMILES string of the molecule is CNc1nc2cc(-c3ccc4c(c3)c(C(=O)NC(C)c3ccc(F)c(F)c3)cn4C)ccn2n1. The van der Waals surface area contributed by atoms with Crippen LogP contribution in [0, 0.1) is 11.6 Å². The maximum Gasteiger partial charge on any atom is 0.253 e. The fraction of sp³-hybridized carbons (Fsp3) is 0.160. The van der Waals surface area contributed by atoms with Crippen LogP contribution in [-0.4, -0.2) is 32.1 Å². The number of aromatic nitrogens is 4. The maximum atomic E-state index is 13.6. The molecule has 0 saturated carbocycles. The summed E-state index contributed by atoms with van der Waals surface area (Å²) in [6, 6.07) is 12.9. The lowest BCUT2D eigenvalue weighted by molar-refractivity contribution is 0.0941. The summed E-state index contributed by atoms with van der Waals surface area (Å²) >= 11 is 0. The number of anilines is 1. The van der Waals surface area contributed by atoms with Crippen molar-refractivity contribution in [3.8, 4) is 11.1 Å². The molecule has 0 spiro atoms. The average Bonchev–Trinajstić information content (AvgIpc) is 3.40. The van der Waals surface area contributed by atoms with E-state index in [2.05, 4.69) is 20.7 Å². The van der Waals surface area contributed by atoms with Gasteiger partial charge in [-0.15, -0.1) is 5.10 Å². The molecule has 3 aromatic heterocycles. The van der Waals surface area contributed by atoms with Crippen molar-refractivity contribution in [2.45, 2.75) is 13.0 Å². The number of fused-ring (bicyclic) bond motifs is 2. The molecule has 5 rings (SSSR count). The first-order chi connectivity index (χ1) is 16.3. The third kappa shape index (κ3) is 3.75. The highest BCUT2D eigenvalue weighted by atomic mass is 19.2. The van der Waals surface area contributed by atoms with Gasteiger partial charge in [0.05, 0.1) is 11.6 Å². The number of pyridine rings is 1. The first-order valence-corrected chi connectivity index (χ1v) is 10.7. The third-order valence-electron chi connectivity index (χ3n) is 5.92. The molecular formula is C25H22F2N6O. The lowest BCUT2D eigenvalue weighted by Gasteiger charge is -2.14. The standard InChI is InChI=1S/C25H22F2N6O/c1-14(15-4-6-20(26)21(27)11-15)29-24(34)19-13-32(3)22-7-5-16(10-18(19)22)17-8-9-33-23(12-17)30-25(28-2)31-33/h4-14H,1-3H3,(H,28,31)(H,29,34). The van der Waals surface area contributed by atoms with Crippen molar-refractivity contribution >= 4 is 28.4 Å². The van der Waals surface area contributed by atoms with Gasteiger partial charge < -0.3 is 15.2 Å². The molecule has 5 aromatic rings. The van der Waals surface area contributed by atoms with Crippen molar-refractivity contribution in [3.63, 3.8) is 0 Å². The summed E-state index contributed by atoms with van der Waals surface area (Å²) in [5.74, 6) is -1.63. The largest absolute Gasteiger partial charge is 0.356 e. The fourth-order valence-electron chi connectivity index (χ4n) is 4.06. The predicted molar refractivity (Wildman–Crippen MR) is 127 cm³/mol. The number of hydrogen-bond acceptors (Lipinski definition) is 4. The molecule has 0 saturated heterocycles. The van der Waals surface area contributed by atoms with Gasteiger partial charge in [0.15, 0.2) is 17.3 Å². The number of hydrogen-bond donors (Lipinski definition) is 2. The smallest absolute Gasteiger partial charge is 0.253 e. The molecule has 34 heavy (non-hydrogen) atoms. The second-order valence-corrected chi connectivity index (χ2v) is 8.16. The van der Waals surface area contributed by atoms with E-state index in [0.29, 0.717) is 22.7 Å². The molecule has 2 aromatic carbocycles. The summed E-state index contributed by atoms with van der Waals surface area (Å²) < 4.78 is 30.5. The maximum absolute atomic E-state index is 13.6. The van der Waals surface area contributed by atoms with Gasteiger partial charge >= 0.3 is 0 Å². The van der Waals surface area contributed by atoms with Gasteiger partial charge in [0.2, 0.25) is 5.95 Å². The molecule has 1 unspecified atom stereocenters. The number of benzene rings is 2. The van der Waals surface area contributed by atoms with Gasteiger partial charge in [0, 0.05) is 37.4 Å². The Morgan fingerprint density at radius 2 is 1.82 bits per heavy atom. The average molecular weight is 460 g/mol. The highest BCUT2D eigenvalue weighted by Crippen LogP contribution is 2.29. The Balaban J connectivity index is 1.49. The minimum absolute atomic E-state index is 0.299. The highest BCUT2D eigenvalue weighted by Gasteiger charge is 2.18. The minimum atomic E-state index is -0.945. The zero-order valence-corrected chi connectivity index (χ0v) is 18.8. The van der Waals surface area contributed by atoms with Crippen LogP contribution in [0.1, 0.15) is 28.9 Å². The van der Waals surface area contributed by atoms with Gasteiger partial charge in [-0.2, -0.15) is 4.98 Å². The molecule has 172 valence electrons. The number of halogens is 2. The third-order valence-corrected chi connectivity index (χ3v) is 5.92. The van der Waals surface area contributed by atoms with Crippen LogP contribution in [0.2, 0.25) is 0 Å². The van der Waals surface area contributed by atoms with E-state index >= 15 is 0 Å². The Morgan fingerprint density at radius 1 is 1.03 bits per heavy atom. The first kappa shape index (κ1) is 21.6. The zero-order chi connectivity index (χ0) is 24.0. The van der Waals surface area contributed by atoms with E-state index < -0.39 is 17.7 Å². The van der Waals surface area contributed by atoms with E-state index in [1.807, 2.05) is 48.1 Å². The summed E-state index contributed by atoms with van der Waals surface area (Å²) in [5.41, 5.74) is 4.45. The van der Waals surface area contributed by atoms with E-state index in [1.54, 1.807) is 24.7 Å². The van der Waals surface area contributed by atoms with Gasteiger partial charge in [-0.3, -0.25) is 4.79 Å². The molecule has 0 aliphatic heterocycles. The number of amides is 1. The van der Waals surface area contributed by atoms with Crippen LogP contribution >= 0.6 is 0 Å². The molecule has 9 heteroatoms. The van der Waals surface area contributed by atoms with Crippen molar-refractivity contribution in [2.24, 2.45) is 7.05 Å². The zero-order valence-electron chi connectivity index (χ0n) is 18.8. The molecule has 3 heterocycles. The number of carbonyl (C=O) groups is 1. The van der Waals surface area contributed by atoms with Crippen molar-refractivity contribution in [3.05, 3.63) is 83.7 Å². The molecule has 0 radical (unpaired) electrons. The molecule has 7 nitrogen and oxygen atoms in total. The summed E-state index contributed by atoms with van der Waals surface area (Å²) in [6.07, 6.45) is 3.60. The molecule has 1 amide bonds. The van der Waals surface area contributed by atoms with Crippen LogP contribution in [0.4, 0.5) is 14.7 Å². The summed E-state index contributed by atoms with van der Waals surface area (Å²) in [5, 5.41) is 10.9. The number of carbonyl (C=O) groups excluding carboxylic acids is 1. The Kier molecular flexibility index (Phi) is 5.24. The normalized spacial score (nSPS) is 12.3. The Labute approximate surface area is 194 Å². The molecule has 0 bridgehead atoms. The van der Waals surface area contributed by atoms with Gasteiger partial charge in [-0.25, -0.2) is 13.3 Å². The van der Waals surface area contributed by atoms with Crippen molar-refractivity contribution in [1.82, 2.24) is 24.5 Å². The van der Waals surface area contributed by atoms with Crippen LogP contribution in [0.15, 0.2) is 60.9 Å². The first-order valence-electron chi connectivity index (χ1n) is 10.7. The van der Waals surface area contributed by atoms with E-state index in [0.717, 1.165) is 34.2 Å². The number of aryl methyl sites for hydroxylation is 1. The summed E-state index contributed by atoms with van der Waals surface area (Å²) in [7, 11) is 3.64. The fourth-order valence-corrected chi connectivity index (χ4v) is 4.06. The summed E-state index contributed by atoms with van der Waals surface area (Å²) in [6.45, 7) is 1.73. The van der Waals surface area contributed by atoms with E-state index in [4.69, 9.17) is 0 Å². The molecular weight excluding hydrogens is 438 g/mol. The second-order valence-electron chi connectivity index (χ2n) is 8.16. The second kappa shape index (κ2) is 8.26.